The largest absolute Gasteiger partial charge is 0.348 e. The summed E-state index contributed by atoms with van der Waals surface area (Å²) in [4.78, 5) is 36.8. The highest BCUT2D eigenvalue weighted by atomic mass is 32.2. The smallest absolute Gasteiger partial charge is 0.274 e. The first-order valence-corrected chi connectivity index (χ1v) is 11.6. The molecule has 3 aromatic rings. The molecule has 3 heterocycles. The maximum atomic E-state index is 13.3. The fraction of sp³-hybridized carbons (Fsp3) is 0.400. The van der Waals surface area contributed by atoms with E-state index in [1.165, 1.54) is 41.3 Å². The van der Waals surface area contributed by atoms with Crippen LogP contribution in [0.3, 0.4) is 0 Å². The van der Waals surface area contributed by atoms with Crippen molar-refractivity contribution in [2.75, 3.05) is 29.1 Å². The Labute approximate surface area is 181 Å². The number of rotatable bonds is 6. The molecule has 0 bridgehead atoms. The Bertz CT molecular complexity index is 1140. The summed E-state index contributed by atoms with van der Waals surface area (Å²) in [6, 6.07) is 5.61. The van der Waals surface area contributed by atoms with E-state index in [9.17, 15) is 14.0 Å². The standard InChI is InChI=1S/C20H22FN5O2S2/c1-12(2)26-18(28)16-17(23-19(30-16)25-8-3-4-9-25)24-20(26)29-11-15(27)22-14-7-5-6-13(21)10-14/h5-7,10,12H,3-4,8-9,11H2,1-2H3,(H,22,27). The monoisotopic (exact) mass is 447 g/mol. The number of nitrogens with one attached hydrogen (secondary N) is 1. The highest BCUT2D eigenvalue weighted by Gasteiger charge is 2.22. The lowest BCUT2D eigenvalue weighted by atomic mass is 10.3. The van der Waals surface area contributed by atoms with Crippen LogP contribution in [-0.2, 0) is 4.79 Å². The van der Waals surface area contributed by atoms with Gasteiger partial charge in [-0.2, -0.15) is 4.98 Å². The van der Waals surface area contributed by atoms with E-state index >= 15 is 0 Å². The second-order valence-corrected chi connectivity index (χ2v) is 9.27. The molecular weight excluding hydrogens is 425 g/mol. The summed E-state index contributed by atoms with van der Waals surface area (Å²) >= 11 is 2.56. The molecule has 158 valence electrons. The van der Waals surface area contributed by atoms with E-state index in [2.05, 4.69) is 20.2 Å². The fourth-order valence-electron chi connectivity index (χ4n) is 3.35. The van der Waals surface area contributed by atoms with Crippen molar-refractivity contribution in [2.45, 2.75) is 37.9 Å². The van der Waals surface area contributed by atoms with Crippen LogP contribution in [0, 0.1) is 5.82 Å². The van der Waals surface area contributed by atoms with Crippen molar-refractivity contribution in [1.82, 2.24) is 14.5 Å². The number of anilines is 2. The van der Waals surface area contributed by atoms with Crippen molar-refractivity contribution in [2.24, 2.45) is 0 Å². The summed E-state index contributed by atoms with van der Waals surface area (Å²) in [5, 5.41) is 3.94. The molecule has 4 rings (SSSR count). The van der Waals surface area contributed by atoms with E-state index in [1.807, 2.05) is 13.8 Å². The van der Waals surface area contributed by atoms with E-state index in [1.54, 1.807) is 10.6 Å². The Kier molecular flexibility index (Phi) is 6.05. The second kappa shape index (κ2) is 8.73. The molecule has 0 unspecified atom stereocenters. The van der Waals surface area contributed by atoms with Gasteiger partial charge in [-0.1, -0.05) is 29.2 Å². The van der Waals surface area contributed by atoms with Crippen LogP contribution in [0.15, 0.2) is 34.2 Å². The number of halogens is 1. The summed E-state index contributed by atoms with van der Waals surface area (Å²) in [7, 11) is 0. The van der Waals surface area contributed by atoms with Gasteiger partial charge in [0.15, 0.2) is 15.9 Å². The Hall–Kier alpha value is -2.46. The van der Waals surface area contributed by atoms with Crippen LogP contribution in [0.1, 0.15) is 32.7 Å². The molecule has 30 heavy (non-hydrogen) atoms. The number of thiazole rings is 1. The van der Waals surface area contributed by atoms with E-state index in [0.29, 0.717) is 21.2 Å². The highest BCUT2D eigenvalue weighted by molar-refractivity contribution is 7.99. The zero-order valence-electron chi connectivity index (χ0n) is 16.7. The SMILES string of the molecule is CC(C)n1c(SCC(=O)Nc2cccc(F)c2)nc2nc(N3CCCC3)sc2c1=O. The summed E-state index contributed by atoms with van der Waals surface area (Å²) in [6.07, 6.45) is 2.25. The molecule has 0 saturated carbocycles. The zero-order valence-corrected chi connectivity index (χ0v) is 18.4. The molecule has 1 fully saturated rings. The van der Waals surface area contributed by atoms with Gasteiger partial charge >= 0.3 is 0 Å². The highest BCUT2D eigenvalue weighted by Crippen LogP contribution is 2.30. The summed E-state index contributed by atoms with van der Waals surface area (Å²) in [5.41, 5.74) is 0.683. The number of fused-ring (bicyclic) bond motifs is 1. The number of hydrogen-bond donors (Lipinski definition) is 1. The van der Waals surface area contributed by atoms with Gasteiger partial charge in [-0.15, -0.1) is 0 Å². The quantitative estimate of drug-likeness (QED) is 0.456. The molecule has 1 amide bonds. The average molecular weight is 448 g/mol. The first-order chi connectivity index (χ1) is 14.4. The van der Waals surface area contributed by atoms with E-state index in [4.69, 9.17) is 0 Å². The molecule has 0 spiro atoms. The van der Waals surface area contributed by atoms with Gasteiger partial charge < -0.3 is 10.2 Å². The molecule has 10 heteroatoms. The lowest BCUT2D eigenvalue weighted by Crippen LogP contribution is -2.25. The molecule has 1 aromatic carbocycles. The summed E-state index contributed by atoms with van der Waals surface area (Å²) in [6.45, 7) is 5.71. The van der Waals surface area contributed by atoms with Crippen molar-refractivity contribution in [1.29, 1.82) is 0 Å². The number of amides is 1. The lowest BCUT2D eigenvalue weighted by molar-refractivity contribution is -0.113. The number of nitrogens with zero attached hydrogens (tertiary/aromatic N) is 4. The molecule has 0 aliphatic carbocycles. The van der Waals surface area contributed by atoms with Gasteiger partial charge in [0.25, 0.3) is 5.56 Å². The van der Waals surface area contributed by atoms with E-state index < -0.39 is 5.82 Å². The van der Waals surface area contributed by atoms with Crippen molar-refractivity contribution in [3.05, 3.63) is 40.4 Å². The van der Waals surface area contributed by atoms with Gasteiger partial charge in [0.1, 0.15) is 10.5 Å². The molecule has 7 nitrogen and oxygen atoms in total. The fourth-order valence-corrected chi connectivity index (χ4v) is 5.26. The van der Waals surface area contributed by atoms with Gasteiger partial charge in [-0.05, 0) is 44.9 Å². The van der Waals surface area contributed by atoms with Crippen LogP contribution in [0.4, 0.5) is 15.2 Å². The van der Waals surface area contributed by atoms with Crippen molar-refractivity contribution >= 4 is 50.2 Å². The number of thioether (sulfide) groups is 1. The molecule has 1 saturated heterocycles. The molecule has 1 aliphatic rings. The van der Waals surface area contributed by atoms with Gasteiger partial charge in [0, 0.05) is 24.8 Å². The molecule has 0 atom stereocenters. The predicted molar refractivity (Wildman–Crippen MR) is 119 cm³/mol. The number of carbonyl (C=O) groups excluding carboxylic acids is 1. The lowest BCUT2D eigenvalue weighted by Gasteiger charge is -2.14. The van der Waals surface area contributed by atoms with Crippen LogP contribution in [0.5, 0.6) is 0 Å². The second-order valence-electron chi connectivity index (χ2n) is 7.35. The minimum absolute atomic E-state index is 0.0459. The minimum Gasteiger partial charge on any atom is -0.348 e. The third kappa shape index (κ3) is 4.34. The van der Waals surface area contributed by atoms with E-state index in [-0.39, 0.29) is 23.3 Å². The third-order valence-electron chi connectivity index (χ3n) is 4.75. The molecule has 0 radical (unpaired) electrons. The van der Waals surface area contributed by atoms with E-state index in [0.717, 1.165) is 31.1 Å². The maximum Gasteiger partial charge on any atom is 0.274 e. The number of hydrogen-bond acceptors (Lipinski definition) is 7. The molecule has 1 aliphatic heterocycles. The van der Waals surface area contributed by atoms with Crippen LogP contribution in [0.2, 0.25) is 0 Å². The number of benzene rings is 1. The van der Waals surface area contributed by atoms with Gasteiger partial charge in [-0.25, -0.2) is 9.37 Å². The molecular formula is C20H22FN5O2S2. The number of aromatic nitrogens is 3. The van der Waals surface area contributed by atoms with Crippen molar-refractivity contribution in [3.63, 3.8) is 0 Å². The summed E-state index contributed by atoms with van der Waals surface area (Å²) < 4.78 is 15.4. The normalized spacial score (nSPS) is 14.1. The number of carbonyl (C=O) groups is 1. The zero-order chi connectivity index (χ0) is 21.3. The molecule has 1 N–H and O–H groups in total. The first kappa shape index (κ1) is 20.8. The average Bonchev–Trinajstić information content (AvgIpc) is 3.35. The van der Waals surface area contributed by atoms with Gasteiger partial charge in [0.2, 0.25) is 5.91 Å². The minimum atomic E-state index is -0.418. The van der Waals surface area contributed by atoms with Crippen LogP contribution in [0.25, 0.3) is 10.3 Å². The molecule has 2 aromatic heterocycles. The van der Waals surface area contributed by atoms with Crippen molar-refractivity contribution < 1.29 is 9.18 Å². The topological polar surface area (TPSA) is 80.1 Å². The maximum absolute atomic E-state index is 13.3. The predicted octanol–water partition coefficient (Wildman–Crippen LogP) is 3.90. The van der Waals surface area contributed by atoms with Gasteiger partial charge in [-0.3, -0.25) is 14.2 Å². The Morgan fingerprint density at radius 1 is 1.30 bits per heavy atom. The first-order valence-electron chi connectivity index (χ1n) is 9.78. The van der Waals surface area contributed by atoms with Crippen molar-refractivity contribution in [3.8, 4) is 0 Å². The Morgan fingerprint density at radius 3 is 2.77 bits per heavy atom. The Balaban J connectivity index is 1.58. The van der Waals surface area contributed by atoms with Crippen LogP contribution in [-0.4, -0.2) is 39.3 Å². The Morgan fingerprint density at radius 2 is 2.07 bits per heavy atom. The third-order valence-corrected chi connectivity index (χ3v) is 6.80. The van der Waals surface area contributed by atoms with Gasteiger partial charge in [0.05, 0.1) is 5.75 Å². The van der Waals surface area contributed by atoms with Crippen LogP contribution < -0.4 is 15.8 Å². The van der Waals surface area contributed by atoms with Crippen LogP contribution >= 0.6 is 23.1 Å². The summed E-state index contributed by atoms with van der Waals surface area (Å²) in [5.74, 6) is -0.672.